The summed E-state index contributed by atoms with van der Waals surface area (Å²) in [5.74, 6) is 0.769. The molecule has 0 bridgehead atoms. The number of aromatic amines is 1. The highest BCUT2D eigenvalue weighted by Crippen LogP contribution is 2.38. The van der Waals surface area contributed by atoms with Gasteiger partial charge in [0, 0.05) is 29.9 Å². The predicted octanol–water partition coefficient (Wildman–Crippen LogP) is 3.52. The highest BCUT2D eigenvalue weighted by Gasteiger charge is 2.22. The van der Waals surface area contributed by atoms with E-state index in [9.17, 15) is 0 Å². The van der Waals surface area contributed by atoms with Gasteiger partial charge in [0.2, 0.25) is 0 Å². The molecule has 2 aliphatic rings. The van der Waals surface area contributed by atoms with Crippen LogP contribution in [-0.2, 0) is 12.8 Å². The third kappa shape index (κ3) is 2.73. The Morgan fingerprint density at radius 2 is 2.17 bits per heavy atom. The molecule has 1 aliphatic carbocycles. The molecule has 7 nitrogen and oxygen atoms in total. The molecule has 1 unspecified atom stereocenters. The summed E-state index contributed by atoms with van der Waals surface area (Å²) in [6, 6.07) is 8.92. The van der Waals surface area contributed by atoms with Gasteiger partial charge in [0.1, 0.15) is 22.7 Å². The van der Waals surface area contributed by atoms with E-state index in [1.54, 1.807) is 7.11 Å². The number of nitrogens with zero attached hydrogens (tertiary/aromatic N) is 4. The number of pyridine rings is 1. The fraction of sp³-hybridized carbons (Fsp3) is 0.348. The number of ether oxygens (including phenoxy) is 1. The van der Waals surface area contributed by atoms with Crippen LogP contribution in [0.5, 0.6) is 5.75 Å². The number of H-pyrrole nitrogens is 1. The second-order valence-electron chi connectivity index (χ2n) is 8.16. The molecule has 1 aromatic carbocycles. The molecule has 6 rings (SSSR count). The van der Waals surface area contributed by atoms with Crippen molar-refractivity contribution in [3.63, 3.8) is 0 Å². The summed E-state index contributed by atoms with van der Waals surface area (Å²) < 4.78 is 7.77. The maximum absolute atomic E-state index is 5.72. The summed E-state index contributed by atoms with van der Waals surface area (Å²) in [5, 5.41) is 15.7. The maximum Gasteiger partial charge on any atom is 0.147 e. The lowest BCUT2D eigenvalue weighted by molar-refractivity contribution is 0.415. The lowest BCUT2D eigenvalue weighted by Gasteiger charge is -2.12. The first-order valence-electron chi connectivity index (χ1n) is 10.6. The van der Waals surface area contributed by atoms with Gasteiger partial charge in [-0.3, -0.25) is 9.78 Å². The van der Waals surface area contributed by atoms with Crippen molar-refractivity contribution in [1.29, 1.82) is 0 Å². The number of methoxy groups -OCH3 is 1. The molecule has 0 spiro atoms. The van der Waals surface area contributed by atoms with Gasteiger partial charge >= 0.3 is 0 Å². The molecule has 1 atom stereocenters. The average Bonchev–Trinajstić information content (AvgIpc) is 3.57. The van der Waals surface area contributed by atoms with Crippen molar-refractivity contribution in [2.75, 3.05) is 20.2 Å². The molecule has 2 N–H and O–H groups in total. The predicted molar refractivity (Wildman–Crippen MR) is 116 cm³/mol. The first kappa shape index (κ1) is 17.7. The zero-order valence-electron chi connectivity index (χ0n) is 17.0. The number of aromatic nitrogens is 5. The van der Waals surface area contributed by atoms with Gasteiger partial charge in [0.15, 0.2) is 0 Å². The molecule has 0 saturated carbocycles. The minimum atomic E-state index is 0.402. The summed E-state index contributed by atoms with van der Waals surface area (Å²) in [5.41, 5.74) is 8.42. The van der Waals surface area contributed by atoms with Crippen LogP contribution >= 0.6 is 0 Å². The van der Waals surface area contributed by atoms with Crippen molar-refractivity contribution in [2.45, 2.75) is 31.7 Å². The largest absolute Gasteiger partial charge is 0.494 e. The summed E-state index contributed by atoms with van der Waals surface area (Å²) >= 11 is 0. The van der Waals surface area contributed by atoms with Crippen LogP contribution in [-0.4, -0.2) is 45.2 Å². The van der Waals surface area contributed by atoms with E-state index in [0.29, 0.717) is 6.04 Å². The van der Waals surface area contributed by atoms with Crippen LogP contribution < -0.4 is 10.1 Å². The fourth-order valence-electron chi connectivity index (χ4n) is 4.85. The molecular formula is C23H24N6O. The molecule has 7 heteroatoms. The van der Waals surface area contributed by atoms with Gasteiger partial charge in [-0.05, 0) is 43.4 Å². The fourth-order valence-corrected chi connectivity index (χ4v) is 4.85. The molecule has 3 aromatic heterocycles. The number of rotatable bonds is 4. The Hall–Kier alpha value is -3.19. The molecule has 0 amide bonds. The van der Waals surface area contributed by atoms with E-state index >= 15 is 0 Å². The van der Waals surface area contributed by atoms with Gasteiger partial charge in [0.25, 0.3) is 0 Å². The number of nitrogens with one attached hydrogen (secondary N) is 2. The Kier molecular flexibility index (Phi) is 4.09. The molecular weight excluding hydrogens is 376 g/mol. The van der Waals surface area contributed by atoms with Crippen LogP contribution in [0.1, 0.15) is 30.0 Å². The molecule has 30 heavy (non-hydrogen) atoms. The standard InChI is InChI=1S/C23H24N6O/c1-30-20-10-19-23(26-22(20)18-7-3-5-14-4-2-6-17(14)18)21(28-27-19)15-11-25-29(13-15)16-8-9-24-12-16/h3,5,7,10-11,13,16,24H,2,4,6,8-9,12H2,1H3,(H,27,28). The molecule has 1 aliphatic heterocycles. The minimum absolute atomic E-state index is 0.402. The van der Waals surface area contributed by atoms with E-state index < -0.39 is 0 Å². The van der Waals surface area contributed by atoms with Crippen LogP contribution in [0.2, 0.25) is 0 Å². The van der Waals surface area contributed by atoms with Crippen LogP contribution in [0.3, 0.4) is 0 Å². The Morgan fingerprint density at radius 1 is 1.20 bits per heavy atom. The topological polar surface area (TPSA) is 80.6 Å². The zero-order valence-corrected chi connectivity index (χ0v) is 17.0. The SMILES string of the molecule is COc1cc2[nH]nc(-c3cnn(C4CCNC4)c3)c2nc1-c1cccc2c1CCC2. The van der Waals surface area contributed by atoms with Crippen molar-refractivity contribution >= 4 is 11.0 Å². The Bertz CT molecular complexity index is 1230. The zero-order chi connectivity index (χ0) is 20.1. The molecule has 4 aromatic rings. The number of hydrogen-bond donors (Lipinski definition) is 2. The van der Waals surface area contributed by atoms with E-state index in [1.165, 1.54) is 23.1 Å². The first-order valence-corrected chi connectivity index (χ1v) is 10.6. The van der Waals surface area contributed by atoms with Crippen LogP contribution in [0, 0.1) is 0 Å². The summed E-state index contributed by atoms with van der Waals surface area (Å²) in [6.45, 7) is 2.00. The van der Waals surface area contributed by atoms with Crippen molar-refractivity contribution < 1.29 is 4.74 Å². The van der Waals surface area contributed by atoms with Gasteiger partial charge in [0.05, 0.1) is 24.9 Å². The highest BCUT2D eigenvalue weighted by atomic mass is 16.5. The second-order valence-corrected chi connectivity index (χ2v) is 8.16. The van der Waals surface area contributed by atoms with Crippen LogP contribution in [0.15, 0.2) is 36.7 Å². The van der Waals surface area contributed by atoms with Gasteiger partial charge in [-0.2, -0.15) is 10.2 Å². The van der Waals surface area contributed by atoms with Crippen molar-refractivity contribution in [3.8, 4) is 28.3 Å². The van der Waals surface area contributed by atoms with Gasteiger partial charge < -0.3 is 10.1 Å². The maximum atomic E-state index is 5.72. The van der Waals surface area contributed by atoms with Gasteiger partial charge in [-0.1, -0.05) is 18.2 Å². The molecule has 152 valence electrons. The molecule has 4 heterocycles. The number of aryl methyl sites for hydroxylation is 1. The Balaban J connectivity index is 1.49. The summed E-state index contributed by atoms with van der Waals surface area (Å²) in [7, 11) is 1.70. The lowest BCUT2D eigenvalue weighted by Crippen LogP contribution is -2.13. The molecule has 0 radical (unpaired) electrons. The van der Waals surface area contributed by atoms with Crippen molar-refractivity contribution in [3.05, 3.63) is 47.8 Å². The quantitative estimate of drug-likeness (QED) is 0.548. The lowest BCUT2D eigenvalue weighted by atomic mass is 9.99. The van der Waals surface area contributed by atoms with Gasteiger partial charge in [-0.25, -0.2) is 4.98 Å². The first-order chi connectivity index (χ1) is 14.8. The normalized spacial score (nSPS) is 18.2. The van der Waals surface area contributed by atoms with E-state index in [4.69, 9.17) is 9.72 Å². The van der Waals surface area contributed by atoms with E-state index in [-0.39, 0.29) is 0 Å². The summed E-state index contributed by atoms with van der Waals surface area (Å²) in [4.78, 5) is 5.07. The highest BCUT2D eigenvalue weighted by molar-refractivity contribution is 5.92. The monoisotopic (exact) mass is 400 g/mol. The second kappa shape index (κ2) is 6.95. The third-order valence-electron chi connectivity index (χ3n) is 6.40. The summed E-state index contributed by atoms with van der Waals surface area (Å²) in [6.07, 6.45) is 8.50. The minimum Gasteiger partial charge on any atom is -0.494 e. The average molecular weight is 400 g/mol. The Labute approximate surface area is 174 Å². The smallest absolute Gasteiger partial charge is 0.147 e. The molecule has 1 saturated heterocycles. The number of benzene rings is 1. The Morgan fingerprint density at radius 3 is 3.03 bits per heavy atom. The molecule has 1 fully saturated rings. The van der Waals surface area contributed by atoms with E-state index in [1.807, 2.05) is 16.9 Å². The number of fused-ring (bicyclic) bond motifs is 2. The van der Waals surface area contributed by atoms with E-state index in [2.05, 4.69) is 45.0 Å². The third-order valence-corrected chi connectivity index (χ3v) is 6.40. The van der Waals surface area contributed by atoms with Gasteiger partial charge in [-0.15, -0.1) is 0 Å². The van der Waals surface area contributed by atoms with Crippen LogP contribution in [0.25, 0.3) is 33.5 Å². The van der Waals surface area contributed by atoms with Crippen molar-refractivity contribution in [2.24, 2.45) is 0 Å². The number of hydrogen-bond acceptors (Lipinski definition) is 5. The van der Waals surface area contributed by atoms with E-state index in [0.717, 1.165) is 66.1 Å². The van der Waals surface area contributed by atoms with Crippen molar-refractivity contribution in [1.82, 2.24) is 30.3 Å². The van der Waals surface area contributed by atoms with Crippen LogP contribution in [0.4, 0.5) is 0 Å².